The molecule has 4 aliphatic rings. The van der Waals surface area contributed by atoms with Gasteiger partial charge in [-0.2, -0.15) is 8.78 Å². The lowest BCUT2D eigenvalue weighted by Crippen LogP contribution is -2.51. The summed E-state index contributed by atoms with van der Waals surface area (Å²) in [7, 11) is -5.92. The summed E-state index contributed by atoms with van der Waals surface area (Å²) in [5.74, 6) is 4.34. The molecule has 4 rings (SSSR count). The van der Waals surface area contributed by atoms with Crippen molar-refractivity contribution < 1.29 is 36.0 Å². The monoisotopic (exact) mass is 573 g/mol. The van der Waals surface area contributed by atoms with E-state index >= 15 is 0 Å². The highest BCUT2D eigenvalue weighted by atomic mass is 32.2. The summed E-state index contributed by atoms with van der Waals surface area (Å²) < 4.78 is 68.1. The van der Waals surface area contributed by atoms with Crippen molar-refractivity contribution in [2.24, 2.45) is 46.3 Å². The van der Waals surface area contributed by atoms with Crippen molar-refractivity contribution in [1.29, 1.82) is 0 Å². The van der Waals surface area contributed by atoms with E-state index in [4.69, 9.17) is 4.74 Å². The molecule has 0 unspecified atom stereocenters. The summed E-state index contributed by atoms with van der Waals surface area (Å²) in [5, 5.41) is -4.68. The van der Waals surface area contributed by atoms with Crippen LogP contribution in [0.5, 0.6) is 0 Å². The lowest BCUT2D eigenvalue weighted by molar-refractivity contribution is -0.0661. The molecule has 0 heterocycles. The molecule has 0 bridgehead atoms. The van der Waals surface area contributed by atoms with Gasteiger partial charge < -0.3 is 14.0 Å². The molecule has 9 heteroatoms. The lowest BCUT2D eigenvalue weighted by atomic mass is 9.47. The van der Waals surface area contributed by atoms with Crippen molar-refractivity contribution in [1.82, 2.24) is 0 Å². The third-order valence-electron chi connectivity index (χ3n) is 11.2. The first-order valence-corrected chi connectivity index (χ1v) is 16.4. The normalized spacial score (nSPS) is 37.4. The van der Waals surface area contributed by atoms with Gasteiger partial charge in [0.15, 0.2) is 16.7 Å². The van der Waals surface area contributed by atoms with Gasteiger partial charge in [0.2, 0.25) is 0 Å². The predicted molar refractivity (Wildman–Crippen MR) is 144 cm³/mol. The molecule has 39 heavy (non-hydrogen) atoms. The minimum atomic E-state index is -5.92. The molecule has 8 atom stereocenters. The lowest BCUT2D eigenvalue weighted by Gasteiger charge is -2.58. The molecule has 6 nitrogen and oxygen atoms in total. The Balaban J connectivity index is 1.37. The van der Waals surface area contributed by atoms with Gasteiger partial charge in [0.05, 0.1) is 0 Å². The molecule has 0 N–H and O–H groups in total. The summed E-state index contributed by atoms with van der Waals surface area (Å²) >= 11 is 0. The highest BCUT2D eigenvalue weighted by molar-refractivity contribution is 7.86. The number of alkyl halides is 2. The Morgan fingerprint density at radius 2 is 1.82 bits per heavy atom. The van der Waals surface area contributed by atoms with Crippen LogP contribution in [0.2, 0.25) is 0 Å². The molecular weight excluding hydrogens is 526 g/mol. The number of carbonyl (C=O) groups is 1. The van der Waals surface area contributed by atoms with Crippen LogP contribution in [0.4, 0.5) is 13.6 Å². The van der Waals surface area contributed by atoms with Gasteiger partial charge in [0.1, 0.15) is 6.10 Å². The number of halogens is 2. The number of allylic oxidation sites excluding steroid dienone is 1. The summed E-state index contributed by atoms with van der Waals surface area (Å²) in [4.78, 5) is 12.0. The smallest absolute Gasteiger partial charge is 0.508 e. The maximum atomic E-state index is 13.3. The number of hydrogen-bond acceptors (Lipinski definition) is 6. The van der Waals surface area contributed by atoms with Crippen LogP contribution in [0.15, 0.2) is 11.6 Å². The fourth-order valence-corrected chi connectivity index (χ4v) is 9.34. The van der Waals surface area contributed by atoms with E-state index in [1.54, 1.807) is 0 Å². The molecule has 0 saturated heterocycles. The molecule has 0 aromatic rings. The van der Waals surface area contributed by atoms with E-state index in [1.165, 1.54) is 50.5 Å². The van der Waals surface area contributed by atoms with Crippen LogP contribution < -0.4 is 0 Å². The van der Waals surface area contributed by atoms with Crippen molar-refractivity contribution in [3.63, 3.8) is 0 Å². The molecule has 0 aromatic heterocycles. The Kier molecular flexibility index (Phi) is 8.84. The van der Waals surface area contributed by atoms with Crippen molar-refractivity contribution in [3.8, 4) is 0 Å². The van der Waals surface area contributed by atoms with Gasteiger partial charge >= 0.3 is 11.4 Å². The van der Waals surface area contributed by atoms with Crippen LogP contribution in [0.1, 0.15) is 105 Å². The molecule has 0 aliphatic heterocycles. The van der Waals surface area contributed by atoms with Crippen molar-refractivity contribution in [2.75, 3.05) is 6.61 Å². The fourth-order valence-electron chi connectivity index (χ4n) is 9.14. The molecule has 0 spiro atoms. The molecule has 0 aromatic carbocycles. The second-order valence-electron chi connectivity index (χ2n) is 13.9. The van der Waals surface area contributed by atoms with Gasteiger partial charge in [-0.1, -0.05) is 65.5 Å². The Morgan fingerprint density at radius 3 is 2.49 bits per heavy atom. The number of carbonyl (C=O) groups excluding carboxylic acids is 1. The highest BCUT2D eigenvalue weighted by Crippen LogP contribution is 2.67. The summed E-state index contributed by atoms with van der Waals surface area (Å²) in [6.07, 6.45) is 12.6. The van der Waals surface area contributed by atoms with E-state index < -0.39 is 34.2 Å². The molecule has 224 valence electrons. The van der Waals surface area contributed by atoms with Crippen LogP contribution in [-0.4, -0.2) is 37.1 Å². The summed E-state index contributed by atoms with van der Waals surface area (Å²) in [6.45, 7) is 10.2. The van der Waals surface area contributed by atoms with Crippen molar-refractivity contribution in [3.05, 3.63) is 11.6 Å². The van der Waals surface area contributed by atoms with E-state index in [-0.39, 0.29) is 5.41 Å². The van der Waals surface area contributed by atoms with E-state index in [1.807, 2.05) is 0 Å². The largest absolute Gasteiger partial charge is 0.743 e. The number of fused-ring (bicyclic) bond motifs is 5. The average Bonchev–Trinajstić information content (AvgIpc) is 3.19. The molecular formula is C30H47F2O6S-. The first kappa shape index (κ1) is 30.7. The van der Waals surface area contributed by atoms with Crippen molar-refractivity contribution >= 4 is 16.3 Å². The average molecular weight is 574 g/mol. The van der Waals surface area contributed by atoms with E-state index in [0.717, 1.165) is 36.5 Å². The van der Waals surface area contributed by atoms with Crippen molar-refractivity contribution in [2.45, 2.75) is 117 Å². The minimum absolute atomic E-state index is 0.0403. The van der Waals surface area contributed by atoms with Gasteiger partial charge in [-0.15, -0.1) is 0 Å². The molecule has 3 saturated carbocycles. The first-order valence-electron chi connectivity index (χ1n) is 14.9. The number of hydrogen-bond donors (Lipinski definition) is 0. The third-order valence-corrected chi connectivity index (χ3v) is 12.1. The highest BCUT2D eigenvalue weighted by Gasteiger charge is 2.59. The Morgan fingerprint density at radius 1 is 1.10 bits per heavy atom. The summed E-state index contributed by atoms with van der Waals surface area (Å²) in [6, 6.07) is 0. The quantitative estimate of drug-likeness (QED) is 0.159. The van der Waals surface area contributed by atoms with Gasteiger partial charge in [-0.25, -0.2) is 13.2 Å². The fraction of sp³-hybridized carbons (Fsp3) is 0.900. The van der Waals surface area contributed by atoms with E-state index in [9.17, 15) is 26.5 Å². The van der Waals surface area contributed by atoms with Crippen LogP contribution in [0.3, 0.4) is 0 Å². The maximum Gasteiger partial charge on any atom is 0.508 e. The Bertz CT molecular complexity index is 1040. The Hall–Kier alpha value is -1.22. The first-order chi connectivity index (χ1) is 18.1. The zero-order chi connectivity index (χ0) is 28.8. The van der Waals surface area contributed by atoms with Crippen LogP contribution in [0.25, 0.3) is 0 Å². The topological polar surface area (TPSA) is 92.7 Å². The van der Waals surface area contributed by atoms with Gasteiger partial charge in [-0.05, 0) is 91.3 Å². The Labute approximate surface area is 233 Å². The second kappa shape index (κ2) is 11.2. The molecule has 0 amide bonds. The number of rotatable bonds is 9. The molecule has 0 radical (unpaired) electrons. The molecule has 3 fully saturated rings. The van der Waals surface area contributed by atoms with Crippen LogP contribution in [-0.2, 0) is 19.6 Å². The minimum Gasteiger partial charge on any atom is -0.743 e. The zero-order valence-electron chi connectivity index (χ0n) is 24.2. The third kappa shape index (κ3) is 6.05. The standard InChI is InChI=1S/C30H48F2O6S/c1-19(2)7-6-8-20(3)24-11-12-25-23-10-9-21-17-22(38-27(33)37-18-30(31,32)39(34,35)36)13-15-28(21,4)26(23)14-16-29(24,25)5/h9,19-20,22-26H,6-8,10-18H2,1-5H3,(H,34,35,36)/p-1/t20-,22+,23+,24-,25+,26+,28+,29-/m1/s1. The van der Waals surface area contributed by atoms with Gasteiger partial charge in [-0.3, -0.25) is 0 Å². The maximum absolute atomic E-state index is 13.3. The van der Waals surface area contributed by atoms with Gasteiger partial charge in [0, 0.05) is 6.42 Å². The number of ether oxygens (including phenoxy) is 2. The SMILES string of the molecule is CC(C)CCC[C@@H](C)[C@H]1CC[C@H]2[C@@H]3CC=C4C[C@@H](OC(=O)OCC(F)(F)S(=O)(=O)[O-])CC[C@]4(C)[C@H]3CC[C@]12C. The summed E-state index contributed by atoms with van der Waals surface area (Å²) in [5.41, 5.74) is 1.73. The van der Waals surface area contributed by atoms with E-state index in [0.29, 0.717) is 30.1 Å². The second-order valence-corrected chi connectivity index (χ2v) is 15.4. The molecule has 4 aliphatic carbocycles. The predicted octanol–water partition coefficient (Wildman–Crippen LogP) is 7.69. The van der Waals surface area contributed by atoms with Crippen LogP contribution in [0, 0.1) is 46.3 Å². The van der Waals surface area contributed by atoms with E-state index in [2.05, 4.69) is 45.4 Å². The van der Waals surface area contributed by atoms with Crippen LogP contribution >= 0.6 is 0 Å². The van der Waals surface area contributed by atoms with Gasteiger partial charge in [0.25, 0.3) is 0 Å². The zero-order valence-corrected chi connectivity index (χ0v) is 25.0.